The molecule has 2 heterocycles. The summed E-state index contributed by atoms with van der Waals surface area (Å²) in [5.41, 5.74) is 3.49. The highest BCUT2D eigenvalue weighted by Crippen LogP contribution is 2.62. The van der Waals surface area contributed by atoms with E-state index in [1.54, 1.807) is 6.07 Å². The van der Waals surface area contributed by atoms with E-state index in [9.17, 15) is 10.1 Å². The molecular weight excluding hydrogens is 328 g/mol. The summed E-state index contributed by atoms with van der Waals surface area (Å²) in [7, 11) is 2.04. The molecular formula is C21H20N2O3. The minimum absolute atomic E-state index is 0.0319. The molecule has 0 amide bonds. The number of hydrogen-bond acceptors (Lipinski definition) is 4. The Balaban J connectivity index is 1.80. The third-order valence-electron chi connectivity index (χ3n) is 6.44. The topological polar surface area (TPSA) is 55.6 Å². The van der Waals surface area contributed by atoms with Crippen LogP contribution in [-0.4, -0.2) is 17.7 Å². The fraction of sp³-hybridized carbons (Fsp3) is 0.333. The number of hydrogen-bond donors (Lipinski definition) is 0. The van der Waals surface area contributed by atoms with Gasteiger partial charge in [-0.05, 0) is 49.5 Å². The van der Waals surface area contributed by atoms with Crippen molar-refractivity contribution >= 4 is 17.5 Å². The normalized spacial score (nSPS) is 28.2. The number of ether oxygens (including phenoxy) is 1. The van der Waals surface area contributed by atoms with Crippen LogP contribution in [0.1, 0.15) is 37.3 Å². The van der Waals surface area contributed by atoms with Crippen LogP contribution in [0.5, 0.6) is 5.75 Å². The van der Waals surface area contributed by atoms with E-state index in [4.69, 9.17) is 4.74 Å². The van der Waals surface area contributed by atoms with E-state index in [1.165, 1.54) is 17.2 Å². The van der Waals surface area contributed by atoms with Gasteiger partial charge in [0.25, 0.3) is 0 Å². The molecule has 2 aromatic rings. The molecule has 1 saturated carbocycles. The molecule has 1 aliphatic carbocycles. The van der Waals surface area contributed by atoms with Crippen molar-refractivity contribution in [1.82, 2.24) is 0 Å². The summed E-state index contributed by atoms with van der Waals surface area (Å²) in [4.78, 5) is 13.4. The molecule has 3 aliphatic rings. The van der Waals surface area contributed by atoms with Crippen molar-refractivity contribution < 1.29 is 9.66 Å². The molecule has 2 aliphatic heterocycles. The number of para-hydroxylation sites is 2. The zero-order valence-electron chi connectivity index (χ0n) is 14.9. The maximum absolute atomic E-state index is 11.6. The van der Waals surface area contributed by atoms with Gasteiger partial charge in [0, 0.05) is 24.4 Å². The standard InChI is InChI=1S/C21H20N2O3/c1-20-12-6-8-15-13-14-7-5-11-18(23(24)25)19(14)26-21(15,20)22(2)17-10-4-3-9-16(17)20/h3-5,7,9-11,13H,6,8,12H2,1-2H3/t20-,21+/m1/s1. The number of nitro groups is 1. The summed E-state index contributed by atoms with van der Waals surface area (Å²) >= 11 is 0. The van der Waals surface area contributed by atoms with Crippen LogP contribution in [-0.2, 0) is 5.41 Å². The van der Waals surface area contributed by atoms with Crippen molar-refractivity contribution in [1.29, 1.82) is 0 Å². The maximum atomic E-state index is 11.6. The molecule has 1 fully saturated rings. The van der Waals surface area contributed by atoms with Crippen LogP contribution in [0, 0.1) is 10.1 Å². The molecule has 0 N–H and O–H groups in total. The van der Waals surface area contributed by atoms with Gasteiger partial charge in [-0.2, -0.15) is 0 Å². The van der Waals surface area contributed by atoms with Gasteiger partial charge < -0.3 is 9.64 Å². The summed E-state index contributed by atoms with van der Waals surface area (Å²) < 4.78 is 6.65. The fourth-order valence-electron chi connectivity index (χ4n) is 5.29. The number of likely N-dealkylation sites (N-methyl/N-ethyl adjacent to an activating group) is 1. The zero-order valence-corrected chi connectivity index (χ0v) is 14.9. The lowest BCUT2D eigenvalue weighted by Crippen LogP contribution is -2.63. The van der Waals surface area contributed by atoms with Gasteiger partial charge in [0.05, 0.1) is 10.3 Å². The molecule has 1 spiro atoms. The van der Waals surface area contributed by atoms with Crippen LogP contribution in [0.4, 0.5) is 11.4 Å². The smallest absolute Gasteiger partial charge is 0.311 e. The SMILES string of the molecule is CN1c2ccccc2[C@@]2(C)CCCC3=Cc4cccc([N+](=O)[O-])c4O[C@]312. The Kier molecular flexibility index (Phi) is 2.89. The van der Waals surface area contributed by atoms with E-state index in [0.717, 1.165) is 30.5 Å². The zero-order chi connectivity index (χ0) is 18.1. The van der Waals surface area contributed by atoms with Crippen LogP contribution in [0.15, 0.2) is 48.0 Å². The number of nitrogens with zero attached hydrogens (tertiary/aromatic N) is 2. The largest absolute Gasteiger partial charge is 0.455 e. The highest BCUT2D eigenvalue weighted by molar-refractivity contribution is 5.77. The molecule has 2 aromatic carbocycles. The molecule has 0 radical (unpaired) electrons. The lowest BCUT2D eigenvalue weighted by atomic mass is 9.64. The summed E-state index contributed by atoms with van der Waals surface area (Å²) in [5, 5.41) is 11.6. The minimum atomic E-state index is -0.700. The summed E-state index contributed by atoms with van der Waals surface area (Å²) in [5.74, 6) is 0.383. The van der Waals surface area contributed by atoms with Gasteiger partial charge in [-0.15, -0.1) is 0 Å². The first-order valence-corrected chi connectivity index (χ1v) is 9.00. The first-order valence-electron chi connectivity index (χ1n) is 9.00. The van der Waals surface area contributed by atoms with Crippen LogP contribution < -0.4 is 9.64 Å². The predicted octanol–water partition coefficient (Wildman–Crippen LogP) is 4.66. The number of nitro benzene ring substituents is 1. The molecule has 2 atom stereocenters. The molecule has 0 saturated heterocycles. The number of fused-ring (bicyclic) bond motifs is 3. The van der Waals surface area contributed by atoms with Crippen LogP contribution in [0.3, 0.4) is 0 Å². The minimum Gasteiger partial charge on any atom is -0.455 e. The van der Waals surface area contributed by atoms with Gasteiger partial charge in [0.1, 0.15) is 0 Å². The Morgan fingerprint density at radius 3 is 2.81 bits per heavy atom. The fourth-order valence-corrected chi connectivity index (χ4v) is 5.29. The van der Waals surface area contributed by atoms with Crippen molar-refractivity contribution in [2.75, 3.05) is 11.9 Å². The second-order valence-corrected chi connectivity index (χ2v) is 7.63. The summed E-state index contributed by atoms with van der Waals surface area (Å²) in [6.07, 6.45) is 5.13. The van der Waals surface area contributed by atoms with Gasteiger partial charge in [0.2, 0.25) is 11.5 Å². The molecule has 26 heavy (non-hydrogen) atoms. The average molecular weight is 348 g/mol. The summed E-state index contributed by atoms with van der Waals surface area (Å²) in [6.45, 7) is 2.24. The maximum Gasteiger partial charge on any atom is 0.311 e. The van der Waals surface area contributed by atoms with Crippen LogP contribution in [0.2, 0.25) is 0 Å². The Morgan fingerprint density at radius 1 is 1.19 bits per heavy atom. The van der Waals surface area contributed by atoms with E-state index in [0.29, 0.717) is 5.75 Å². The Labute approximate surface area is 152 Å². The summed E-state index contributed by atoms with van der Waals surface area (Å²) in [6, 6.07) is 13.5. The average Bonchev–Trinajstić information content (AvgIpc) is 2.84. The van der Waals surface area contributed by atoms with E-state index in [-0.39, 0.29) is 16.0 Å². The first kappa shape index (κ1) is 15.4. The van der Waals surface area contributed by atoms with Gasteiger partial charge in [0.15, 0.2) is 0 Å². The molecule has 5 rings (SSSR count). The lowest BCUT2D eigenvalue weighted by molar-refractivity contribution is -0.386. The monoisotopic (exact) mass is 348 g/mol. The second-order valence-electron chi connectivity index (χ2n) is 7.63. The van der Waals surface area contributed by atoms with Crippen molar-refractivity contribution in [3.05, 3.63) is 69.3 Å². The molecule has 132 valence electrons. The molecule has 5 nitrogen and oxygen atoms in total. The third-order valence-corrected chi connectivity index (χ3v) is 6.44. The second kappa shape index (κ2) is 4.87. The molecule has 0 unspecified atom stereocenters. The van der Waals surface area contributed by atoms with Gasteiger partial charge >= 0.3 is 5.69 Å². The quantitative estimate of drug-likeness (QED) is 0.556. The molecule has 5 heteroatoms. The third kappa shape index (κ3) is 1.61. The van der Waals surface area contributed by atoms with Gasteiger partial charge in [-0.1, -0.05) is 30.3 Å². The molecule has 0 bridgehead atoms. The lowest BCUT2D eigenvalue weighted by Gasteiger charge is -2.53. The van der Waals surface area contributed by atoms with Crippen LogP contribution >= 0.6 is 0 Å². The van der Waals surface area contributed by atoms with E-state index >= 15 is 0 Å². The van der Waals surface area contributed by atoms with E-state index in [1.807, 2.05) is 19.2 Å². The first-order chi connectivity index (χ1) is 12.5. The molecule has 0 aromatic heterocycles. The van der Waals surface area contributed by atoms with Crippen molar-refractivity contribution in [3.63, 3.8) is 0 Å². The van der Waals surface area contributed by atoms with Crippen molar-refractivity contribution in [3.8, 4) is 5.75 Å². The van der Waals surface area contributed by atoms with E-state index < -0.39 is 5.72 Å². The number of benzene rings is 2. The van der Waals surface area contributed by atoms with Crippen molar-refractivity contribution in [2.24, 2.45) is 0 Å². The van der Waals surface area contributed by atoms with Gasteiger partial charge in [-0.25, -0.2) is 0 Å². The van der Waals surface area contributed by atoms with Crippen LogP contribution in [0.25, 0.3) is 6.08 Å². The van der Waals surface area contributed by atoms with Crippen molar-refractivity contribution in [2.45, 2.75) is 37.3 Å². The highest BCUT2D eigenvalue weighted by atomic mass is 16.6. The highest BCUT2D eigenvalue weighted by Gasteiger charge is 2.65. The predicted molar refractivity (Wildman–Crippen MR) is 100 cm³/mol. The Hall–Kier alpha value is -2.82. The Bertz CT molecular complexity index is 983. The number of rotatable bonds is 1. The Morgan fingerprint density at radius 2 is 2.00 bits per heavy atom. The van der Waals surface area contributed by atoms with Gasteiger partial charge in [-0.3, -0.25) is 10.1 Å². The number of anilines is 1. The van der Waals surface area contributed by atoms with E-state index in [2.05, 4.69) is 36.1 Å².